The van der Waals surface area contributed by atoms with Gasteiger partial charge < -0.3 is 8.83 Å². The van der Waals surface area contributed by atoms with Crippen molar-refractivity contribution >= 4 is 17.5 Å². The van der Waals surface area contributed by atoms with Crippen LogP contribution < -0.4 is 16.3 Å². The monoisotopic (exact) mass is 372 g/mol. The van der Waals surface area contributed by atoms with E-state index in [2.05, 4.69) is 21.4 Å². The van der Waals surface area contributed by atoms with E-state index < -0.39 is 5.91 Å². The fourth-order valence-electron chi connectivity index (χ4n) is 2.88. The summed E-state index contributed by atoms with van der Waals surface area (Å²) in [4.78, 5) is 24.5. The van der Waals surface area contributed by atoms with Crippen molar-refractivity contribution in [1.82, 2.24) is 16.3 Å². The lowest BCUT2D eigenvalue weighted by Gasteiger charge is -2.20. The van der Waals surface area contributed by atoms with Crippen LogP contribution in [0, 0.1) is 6.92 Å². The zero-order chi connectivity index (χ0) is 19.6. The molecule has 27 heavy (non-hydrogen) atoms. The summed E-state index contributed by atoms with van der Waals surface area (Å²) in [6.07, 6.45) is 3.67. The van der Waals surface area contributed by atoms with Gasteiger partial charge in [-0.3, -0.25) is 15.0 Å². The largest absolute Gasteiger partial charge is 0.459 e. The number of aryl methyl sites for hydroxylation is 1. The molecule has 1 aliphatic rings. The smallest absolute Gasteiger partial charge is 0.307 e. The maximum atomic E-state index is 12.5. The number of hydrazine groups is 1. The molecule has 0 saturated heterocycles. The molecule has 2 aromatic heterocycles. The number of nitrogens with one attached hydrogen (secondary N) is 3. The maximum Gasteiger partial charge on any atom is 0.307 e. The Kier molecular flexibility index (Phi) is 5.18. The SMILES string of the molecule is Cc1c(C(=O)NNC(C)(C)C)oc2c1/C(=N/NC(=O)c1ccco1)CCC2. The van der Waals surface area contributed by atoms with Crippen molar-refractivity contribution in [2.45, 2.75) is 52.5 Å². The first-order chi connectivity index (χ1) is 12.8. The Hall–Kier alpha value is -2.87. The van der Waals surface area contributed by atoms with Crippen LogP contribution in [0.1, 0.15) is 71.6 Å². The van der Waals surface area contributed by atoms with Gasteiger partial charge in [0.2, 0.25) is 0 Å². The first-order valence-corrected chi connectivity index (χ1v) is 8.87. The second-order valence-corrected chi connectivity index (χ2v) is 7.51. The minimum Gasteiger partial charge on any atom is -0.459 e. The molecular weight excluding hydrogens is 348 g/mol. The molecule has 3 rings (SSSR count). The summed E-state index contributed by atoms with van der Waals surface area (Å²) in [6, 6.07) is 3.20. The molecule has 0 saturated carbocycles. The second kappa shape index (κ2) is 7.40. The van der Waals surface area contributed by atoms with E-state index in [1.807, 2.05) is 27.7 Å². The van der Waals surface area contributed by atoms with Crippen LogP contribution in [0.2, 0.25) is 0 Å². The highest BCUT2D eigenvalue weighted by Gasteiger charge is 2.28. The van der Waals surface area contributed by atoms with Gasteiger partial charge in [-0.15, -0.1) is 0 Å². The van der Waals surface area contributed by atoms with Crippen molar-refractivity contribution in [2.24, 2.45) is 5.10 Å². The van der Waals surface area contributed by atoms with Gasteiger partial charge in [-0.2, -0.15) is 5.10 Å². The molecule has 8 nitrogen and oxygen atoms in total. The fourth-order valence-corrected chi connectivity index (χ4v) is 2.88. The van der Waals surface area contributed by atoms with E-state index in [-0.39, 0.29) is 23.0 Å². The number of hydrazone groups is 1. The van der Waals surface area contributed by atoms with Gasteiger partial charge >= 0.3 is 11.8 Å². The van der Waals surface area contributed by atoms with Crippen molar-refractivity contribution in [2.75, 3.05) is 0 Å². The van der Waals surface area contributed by atoms with Gasteiger partial charge in [0, 0.05) is 23.1 Å². The molecule has 3 N–H and O–H groups in total. The molecule has 0 spiro atoms. The van der Waals surface area contributed by atoms with Crippen LogP contribution >= 0.6 is 0 Å². The molecule has 0 atom stereocenters. The third-order valence-electron chi connectivity index (χ3n) is 4.12. The molecule has 0 bridgehead atoms. The van der Waals surface area contributed by atoms with Gasteiger partial charge in [0.1, 0.15) is 5.76 Å². The highest BCUT2D eigenvalue weighted by Crippen LogP contribution is 2.29. The Morgan fingerprint density at radius 3 is 2.63 bits per heavy atom. The number of amides is 2. The quantitative estimate of drug-likeness (QED) is 0.715. The Morgan fingerprint density at radius 1 is 1.19 bits per heavy atom. The van der Waals surface area contributed by atoms with Crippen LogP contribution in [0.3, 0.4) is 0 Å². The lowest BCUT2D eigenvalue weighted by atomic mass is 9.93. The van der Waals surface area contributed by atoms with Gasteiger partial charge in [-0.1, -0.05) is 0 Å². The standard InChI is InChI=1S/C19H24N4O4/c1-11-15-12(20-21-17(24)14-9-6-10-26-14)7-5-8-13(15)27-16(11)18(25)22-23-19(2,3)4/h6,9-10,23H,5,7-8H2,1-4H3,(H,21,24)(H,22,25)/b20-12+. The Balaban J connectivity index is 1.81. The predicted octanol–water partition coefficient (Wildman–Crippen LogP) is 2.68. The fraction of sp³-hybridized carbons (Fsp3) is 0.421. The molecule has 0 aliphatic heterocycles. The molecule has 8 heteroatoms. The number of furan rings is 2. The van der Waals surface area contributed by atoms with E-state index in [4.69, 9.17) is 8.83 Å². The predicted molar refractivity (Wildman–Crippen MR) is 99.4 cm³/mol. The molecule has 0 aromatic carbocycles. The number of carbonyl (C=O) groups is 2. The van der Waals surface area contributed by atoms with Crippen LogP contribution in [0.5, 0.6) is 0 Å². The summed E-state index contributed by atoms with van der Waals surface area (Å²) in [6.45, 7) is 7.66. The molecule has 1 aliphatic carbocycles. The molecule has 2 amide bonds. The van der Waals surface area contributed by atoms with Gasteiger partial charge in [-0.25, -0.2) is 10.9 Å². The molecule has 144 valence electrons. The first-order valence-electron chi connectivity index (χ1n) is 8.87. The van der Waals surface area contributed by atoms with E-state index in [9.17, 15) is 9.59 Å². The zero-order valence-corrected chi connectivity index (χ0v) is 15.9. The van der Waals surface area contributed by atoms with Gasteiger partial charge in [0.15, 0.2) is 11.5 Å². The van der Waals surface area contributed by atoms with Gasteiger partial charge in [-0.05, 0) is 52.7 Å². The van der Waals surface area contributed by atoms with Gasteiger partial charge in [0.25, 0.3) is 0 Å². The van der Waals surface area contributed by atoms with E-state index >= 15 is 0 Å². The average Bonchev–Trinajstić information content (AvgIpc) is 3.26. The summed E-state index contributed by atoms with van der Waals surface area (Å²) in [5, 5.41) is 4.25. The topological polar surface area (TPSA) is 109 Å². The van der Waals surface area contributed by atoms with E-state index in [0.29, 0.717) is 23.5 Å². The van der Waals surface area contributed by atoms with Crippen LogP contribution in [-0.2, 0) is 6.42 Å². The molecule has 2 aromatic rings. The highest BCUT2D eigenvalue weighted by atomic mass is 16.4. The lowest BCUT2D eigenvalue weighted by molar-refractivity contribution is 0.0882. The minimum absolute atomic E-state index is 0.188. The average molecular weight is 372 g/mol. The number of hydrogen-bond acceptors (Lipinski definition) is 6. The summed E-state index contributed by atoms with van der Waals surface area (Å²) in [7, 11) is 0. The third kappa shape index (κ3) is 4.28. The van der Waals surface area contributed by atoms with E-state index in [1.54, 1.807) is 12.1 Å². The van der Waals surface area contributed by atoms with Crippen molar-refractivity contribution in [3.05, 3.63) is 46.8 Å². The highest BCUT2D eigenvalue weighted by molar-refractivity contribution is 6.07. The van der Waals surface area contributed by atoms with Crippen molar-refractivity contribution in [3.63, 3.8) is 0 Å². The van der Waals surface area contributed by atoms with Crippen LogP contribution in [0.15, 0.2) is 32.3 Å². The van der Waals surface area contributed by atoms with Crippen LogP contribution in [0.4, 0.5) is 0 Å². The zero-order valence-electron chi connectivity index (χ0n) is 15.9. The molecule has 0 radical (unpaired) electrons. The third-order valence-corrected chi connectivity index (χ3v) is 4.12. The van der Waals surface area contributed by atoms with E-state index in [0.717, 1.165) is 18.4 Å². The van der Waals surface area contributed by atoms with Crippen molar-refractivity contribution in [3.8, 4) is 0 Å². The number of rotatable bonds is 4. The summed E-state index contributed by atoms with van der Waals surface area (Å²) in [5.74, 6) is 0.394. The van der Waals surface area contributed by atoms with Crippen molar-refractivity contribution in [1.29, 1.82) is 0 Å². The molecule has 2 heterocycles. The minimum atomic E-state index is -0.423. The Labute approximate surface area is 157 Å². The van der Waals surface area contributed by atoms with Crippen molar-refractivity contribution < 1.29 is 18.4 Å². The van der Waals surface area contributed by atoms with E-state index in [1.165, 1.54) is 6.26 Å². The first kappa shape index (κ1) is 18.9. The lowest BCUT2D eigenvalue weighted by Crippen LogP contribution is -2.48. The normalized spacial score (nSPS) is 15.5. The maximum absolute atomic E-state index is 12.5. The Morgan fingerprint density at radius 2 is 1.96 bits per heavy atom. The number of hydrogen-bond donors (Lipinski definition) is 3. The van der Waals surface area contributed by atoms with Gasteiger partial charge in [0.05, 0.1) is 12.0 Å². The number of carbonyl (C=O) groups excluding carboxylic acids is 2. The summed E-state index contributed by atoms with van der Waals surface area (Å²) >= 11 is 0. The number of fused-ring (bicyclic) bond motifs is 1. The van der Waals surface area contributed by atoms with Crippen LogP contribution in [-0.4, -0.2) is 23.1 Å². The molecule has 0 unspecified atom stereocenters. The second-order valence-electron chi connectivity index (χ2n) is 7.51. The molecule has 0 fully saturated rings. The summed E-state index contributed by atoms with van der Waals surface area (Å²) < 4.78 is 10.9. The van der Waals surface area contributed by atoms with Crippen LogP contribution in [0.25, 0.3) is 0 Å². The Bertz CT molecular complexity index is 872. The summed E-state index contributed by atoms with van der Waals surface area (Å²) in [5.41, 5.74) is 10.0. The number of nitrogens with zero attached hydrogens (tertiary/aromatic N) is 1. The molecular formula is C19H24N4O4.